The molecule has 2 N–H and O–H groups in total. The van der Waals surface area contributed by atoms with Crippen LogP contribution in [-0.4, -0.2) is 29.4 Å². The van der Waals surface area contributed by atoms with Crippen LogP contribution >= 0.6 is 0 Å². The first-order valence-electron chi connectivity index (χ1n) is 7.73. The van der Waals surface area contributed by atoms with Gasteiger partial charge < -0.3 is 10.6 Å². The number of hydrogen-bond donors (Lipinski definition) is 1. The van der Waals surface area contributed by atoms with Crippen LogP contribution in [0.2, 0.25) is 0 Å². The van der Waals surface area contributed by atoms with Crippen LogP contribution in [0.15, 0.2) is 30.3 Å². The van der Waals surface area contributed by atoms with E-state index in [1.807, 2.05) is 11.7 Å². The second-order valence-corrected chi connectivity index (χ2v) is 5.89. The van der Waals surface area contributed by atoms with Crippen molar-refractivity contribution in [1.29, 1.82) is 0 Å². The number of rotatable bonds is 4. The van der Waals surface area contributed by atoms with Crippen molar-refractivity contribution in [2.75, 3.05) is 24.5 Å². The highest BCUT2D eigenvalue weighted by Crippen LogP contribution is 2.33. The van der Waals surface area contributed by atoms with Crippen molar-refractivity contribution in [3.63, 3.8) is 0 Å². The molecule has 0 aliphatic carbocycles. The molecule has 0 spiro atoms. The van der Waals surface area contributed by atoms with Gasteiger partial charge >= 0.3 is 0 Å². The van der Waals surface area contributed by atoms with Crippen LogP contribution < -0.4 is 10.6 Å². The number of nitrogens with two attached hydrogens (primary N) is 1. The van der Waals surface area contributed by atoms with E-state index in [4.69, 9.17) is 5.73 Å². The van der Waals surface area contributed by atoms with Gasteiger partial charge in [-0.2, -0.15) is 5.10 Å². The molecule has 1 aromatic carbocycles. The molecule has 0 bridgehead atoms. The van der Waals surface area contributed by atoms with Gasteiger partial charge in [0.05, 0.1) is 5.69 Å². The maximum Gasteiger partial charge on any atom is 0.130 e. The third-order valence-electron chi connectivity index (χ3n) is 4.47. The van der Waals surface area contributed by atoms with Gasteiger partial charge in [0, 0.05) is 31.6 Å². The molecule has 21 heavy (non-hydrogen) atoms. The first kappa shape index (κ1) is 14.1. The molecule has 2 aromatic rings. The molecule has 1 unspecified atom stereocenters. The Bertz CT molecular complexity index is 603. The minimum atomic E-state index is 0.618. The first-order chi connectivity index (χ1) is 10.2. The van der Waals surface area contributed by atoms with E-state index in [0.717, 1.165) is 25.2 Å². The molecule has 2 heterocycles. The van der Waals surface area contributed by atoms with E-state index < -0.39 is 0 Å². The zero-order valence-corrected chi connectivity index (χ0v) is 12.9. The van der Waals surface area contributed by atoms with Crippen LogP contribution in [0.4, 0.5) is 5.82 Å². The van der Waals surface area contributed by atoms with Gasteiger partial charge in [-0.15, -0.1) is 0 Å². The summed E-state index contributed by atoms with van der Waals surface area (Å²) in [5.41, 5.74) is 9.64. The van der Waals surface area contributed by atoms with Gasteiger partial charge in [-0.25, -0.2) is 0 Å². The van der Waals surface area contributed by atoms with Gasteiger partial charge in [0.25, 0.3) is 0 Å². The molecule has 1 aliphatic heterocycles. The number of nitrogens with zero attached hydrogens (tertiary/aromatic N) is 3. The molecule has 1 saturated heterocycles. The Kier molecular flexibility index (Phi) is 3.97. The van der Waals surface area contributed by atoms with E-state index in [-0.39, 0.29) is 0 Å². The number of aromatic nitrogens is 2. The second kappa shape index (κ2) is 5.90. The van der Waals surface area contributed by atoms with E-state index in [2.05, 4.69) is 47.3 Å². The van der Waals surface area contributed by atoms with Gasteiger partial charge in [0.1, 0.15) is 5.82 Å². The molecule has 0 radical (unpaired) electrons. The predicted molar refractivity (Wildman–Crippen MR) is 86.7 cm³/mol. The summed E-state index contributed by atoms with van der Waals surface area (Å²) in [6, 6.07) is 10.8. The maximum atomic E-state index is 5.77. The normalized spacial score (nSPS) is 18.4. The fourth-order valence-corrected chi connectivity index (χ4v) is 3.47. The summed E-state index contributed by atoms with van der Waals surface area (Å²) in [4.78, 5) is 2.47. The molecule has 3 rings (SSSR count). The lowest BCUT2D eigenvalue weighted by atomic mass is 9.99. The van der Waals surface area contributed by atoms with Crippen molar-refractivity contribution in [2.24, 2.45) is 12.8 Å². The second-order valence-electron chi connectivity index (χ2n) is 5.89. The topological polar surface area (TPSA) is 47.1 Å². The summed E-state index contributed by atoms with van der Waals surface area (Å²) >= 11 is 0. The molecule has 4 heteroatoms. The average molecular weight is 284 g/mol. The zero-order chi connectivity index (χ0) is 14.8. The number of aryl methyl sites for hydroxylation is 2. The van der Waals surface area contributed by atoms with E-state index in [1.54, 1.807) is 0 Å². The van der Waals surface area contributed by atoms with Crippen LogP contribution in [0.3, 0.4) is 0 Å². The van der Waals surface area contributed by atoms with Crippen molar-refractivity contribution in [3.8, 4) is 0 Å². The zero-order valence-electron chi connectivity index (χ0n) is 12.9. The monoisotopic (exact) mass is 284 g/mol. The molecular weight excluding hydrogens is 260 g/mol. The van der Waals surface area contributed by atoms with Crippen molar-refractivity contribution < 1.29 is 0 Å². The van der Waals surface area contributed by atoms with Crippen molar-refractivity contribution in [1.82, 2.24) is 9.78 Å². The fraction of sp³-hybridized carbons (Fsp3) is 0.471. The highest BCUT2D eigenvalue weighted by atomic mass is 15.4. The predicted octanol–water partition coefficient (Wildman–Crippen LogP) is 2.22. The number of anilines is 1. The van der Waals surface area contributed by atoms with E-state index in [9.17, 15) is 0 Å². The van der Waals surface area contributed by atoms with Crippen molar-refractivity contribution in [2.45, 2.75) is 25.7 Å². The van der Waals surface area contributed by atoms with Gasteiger partial charge in [0.15, 0.2) is 0 Å². The lowest BCUT2D eigenvalue weighted by molar-refractivity contribution is 0.724. The van der Waals surface area contributed by atoms with Crippen LogP contribution in [-0.2, 0) is 13.5 Å². The Morgan fingerprint density at radius 2 is 2.05 bits per heavy atom. The Balaban J connectivity index is 1.83. The third-order valence-corrected chi connectivity index (χ3v) is 4.47. The SMILES string of the molecule is Cc1nn(C)c(N2CCC(c3ccccc3)C2)c1CCN. The Morgan fingerprint density at radius 1 is 1.29 bits per heavy atom. The smallest absolute Gasteiger partial charge is 0.130 e. The van der Waals surface area contributed by atoms with E-state index in [0.29, 0.717) is 12.5 Å². The average Bonchev–Trinajstić information content (AvgIpc) is 3.06. The van der Waals surface area contributed by atoms with Gasteiger partial charge in [-0.3, -0.25) is 4.68 Å². The van der Waals surface area contributed by atoms with Crippen LogP contribution in [0.1, 0.15) is 29.2 Å². The summed E-state index contributed by atoms with van der Waals surface area (Å²) in [6.45, 7) is 4.92. The maximum absolute atomic E-state index is 5.77. The molecule has 4 nitrogen and oxygen atoms in total. The minimum absolute atomic E-state index is 0.618. The standard InChI is InChI=1S/C17H24N4/c1-13-16(8-10-18)17(20(2)19-13)21-11-9-15(12-21)14-6-4-3-5-7-14/h3-7,15H,8-12,18H2,1-2H3. The van der Waals surface area contributed by atoms with Crippen LogP contribution in [0.5, 0.6) is 0 Å². The highest BCUT2D eigenvalue weighted by Gasteiger charge is 2.28. The Labute approximate surface area is 126 Å². The largest absolute Gasteiger partial charge is 0.356 e. The van der Waals surface area contributed by atoms with Gasteiger partial charge in [-0.05, 0) is 31.9 Å². The van der Waals surface area contributed by atoms with Gasteiger partial charge in [-0.1, -0.05) is 30.3 Å². The summed E-state index contributed by atoms with van der Waals surface area (Å²) < 4.78 is 2.02. The molecule has 0 saturated carbocycles. The molecule has 0 amide bonds. The Hall–Kier alpha value is -1.81. The van der Waals surface area contributed by atoms with Crippen molar-refractivity contribution in [3.05, 3.63) is 47.2 Å². The molecule has 112 valence electrons. The summed E-state index contributed by atoms with van der Waals surface area (Å²) in [5.74, 6) is 1.88. The number of benzene rings is 1. The molecular formula is C17H24N4. The third kappa shape index (κ3) is 2.68. The summed E-state index contributed by atoms with van der Waals surface area (Å²) in [6.07, 6.45) is 2.11. The van der Waals surface area contributed by atoms with Gasteiger partial charge in [0.2, 0.25) is 0 Å². The Morgan fingerprint density at radius 3 is 2.76 bits per heavy atom. The molecule has 1 fully saturated rings. The minimum Gasteiger partial charge on any atom is -0.356 e. The van der Waals surface area contributed by atoms with Crippen LogP contribution in [0, 0.1) is 6.92 Å². The molecule has 1 atom stereocenters. The van der Waals surface area contributed by atoms with Crippen molar-refractivity contribution >= 4 is 5.82 Å². The van der Waals surface area contributed by atoms with E-state index in [1.165, 1.54) is 23.4 Å². The quantitative estimate of drug-likeness (QED) is 0.936. The van der Waals surface area contributed by atoms with Crippen LogP contribution in [0.25, 0.3) is 0 Å². The summed E-state index contributed by atoms with van der Waals surface area (Å²) in [7, 11) is 2.04. The lowest BCUT2D eigenvalue weighted by Gasteiger charge is -2.21. The lowest BCUT2D eigenvalue weighted by Crippen LogP contribution is -2.23. The number of hydrogen-bond acceptors (Lipinski definition) is 3. The fourth-order valence-electron chi connectivity index (χ4n) is 3.47. The molecule has 1 aliphatic rings. The first-order valence-corrected chi connectivity index (χ1v) is 7.73. The highest BCUT2D eigenvalue weighted by molar-refractivity contribution is 5.52. The van der Waals surface area contributed by atoms with E-state index >= 15 is 0 Å². The summed E-state index contributed by atoms with van der Waals surface area (Å²) in [5, 5.41) is 4.59. The molecule has 1 aromatic heterocycles.